The number of nitrogens with zero attached hydrogens (tertiary/aromatic N) is 3. The second-order valence-electron chi connectivity index (χ2n) is 5.84. The van der Waals surface area contributed by atoms with Crippen molar-refractivity contribution in [3.63, 3.8) is 0 Å². The molecule has 4 amide bonds. The highest BCUT2D eigenvalue weighted by molar-refractivity contribution is 6.19. The molecule has 3 rings (SSSR count). The molecule has 0 radical (unpaired) electrons. The predicted octanol–water partition coefficient (Wildman–Crippen LogP) is 1.27. The first kappa shape index (κ1) is 16.8. The van der Waals surface area contributed by atoms with Crippen LogP contribution >= 0.6 is 0 Å². The molecule has 1 aromatic rings. The number of rotatable bonds is 5. The van der Waals surface area contributed by atoms with E-state index in [2.05, 4.69) is 15.3 Å². The van der Waals surface area contributed by atoms with Crippen molar-refractivity contribution in [2.75, 3.05) is 13.1 Å². The lowest BCUT2D eigenvalue weighted by Gasteiger charge is -2.27. The molecule has 0 aromatic heterocycles. The van der Waals surface area contributed by atoms with Crippen LogP contribution in [0, 0.1) is 12.8 Å². The van der Waals surface area contributed by atoms with Gasteiger partial charge in [0.2, 0.25) is 11.8 Å². The van der Waals surface area contributed by atoms with Crippen LogP contribution in [0.1, 0.15) is 11.1 Å². The van der Waals surface area contributed by atoms with E-state index in [1.165, 1.54) is 6.21 Å². The number of dihydropyridines is 1. The Morgan fingerprint density at radius 3 is 2.88 bits per heavy atom. The second-order valence-corrected chi connectivity index (χ2v) is 5.84. The third-order valence-corrected chi connectivity index (χ3v) is 4.12. The molecule has 1 unspecified atom stereocenters. The predicted molar refractivity (Wildman–Crippen MR) is 93.6 cm³/mol. The molecule has 2 aliphatic heterocycles. The van der Waals surface area contributed by atoms with Gasteiger partial charge in [-0.25, -0.2) is 9.79 Å². The largest absolute Gasteiger partial charge is 0.354 e. The van der Waals surface area contributed by atoms with Crippen molar-refractivity contribution in [3.05, 3.63) is 47.5 Å². The summed E-state index contributed by atoms with van der Waals surface area (Å²) in [5.41, 5.74) is 2.00. The normalized spacial score (nSPS) is 18.8. The molecular weight excluding hydrogens is 320 g/mol. The summed E-state index contributed by atoms with van der Waals surface area (Å²) < 4.78 is 0. The number of carbonyl (C=O) groups excluding carboxylic acids is 3. The van der Waals surface area contributed by atoms with Gasteiger partial charge in [-0.3, -0.25) is 14.5 Å². The van der Waals surface area contributed by atoms with Crippen LogP contribution in [0.2, 0.25) is 0 Å². The fourth-order valence-electron chi connectivity index (χ4n) is 2.72. The van der Waals surface area contributed by atoms with E-state index in [0.717, 1.165) is 16.0 Å². The summed E-state index contributed by atoms with van der Waals surface area (Å²) in [6.07, 6.45) is 5.07. The minimum Gasteiger partial charge on any atom is -0.354 e. The Morgan fingerprint density at radius 2 is 2.08 bits per heavy atom. The van der Waals surface area contributed by atoms with E-state index in [1.807, 2.05) is 31.2 Å². The molecule has 7 nitrogen and oxygen atoms in total. The van der Waals surface area contributed by atoms with Crippen molar-refractivity contribution in [1.82, 2.24) is 10.2 Å². The van der Waals surface area contributed by atoms with E-state index in [1.54, 1.807) is 12.2 Å². The van der Waals surface area contributed by atoms with Crippen molar-refractivity contribution in [2.24, 2.45) is 15.9 Å². The van der Waals surface area contributed by atoms with E-state index >= 15 is 0 Å². The minimum absolute atomic E-state index is 0.0853. The lowest BCUT2D eigenvalue weighted by atomic mass is 10.0. The summed E-state index contributed by atoms with van der Waals surface area (Å²) in [6.45, 7) is 2.22. The number of amides is 4. The molecule has 0 bridgehead atoms. The first-order valence-electron chi connectivity index (χ1n) is 8.02. The molecule has 1 aromatic carbocycles. The van der Waals surface area contributed by atoms with Crippen LogP contribution in [0.25, 0.3) is 0 Å². The SMILES string of the molecule is Cc1ccccc1CC(=O)NCCN1C(=O)N=C2N=CC=CC2C1=O. The first-order valence-corrected chi connectivity index (χ1v) is 8.02. The smallest absolute Gasteiger partial charge is 0.352 e. The Labute approximate surface area is 145 Å². The number of amidine groups is 1. The van der Waals surface area contributed by atoms with Crippen molar-refractivity contribution >= 4 is 29.9 Å². The number of hydrogen-bond donors (Lipinski definition) is 1. The van der Waals surface area contributed by atoms with E-state index < -0.39 is 11.9 Å². The first-order chi connectivity index (χ1) is 12.1. The van der Waals surface area contributed by atoms with Gasteiger partial charge < -0.3 is 5.32 Å². The number of aryl methyl sites for hydroxylation is 1. The number of carbonyl (C=O) groups is 3. The molecule has 1 atom stereocenters. The molecule has 7 heteroatoms. The molecule has 0 saturated carbocycles. The van der Waals surface area contributed by atoms with Crippen molar-refractivity contribution in [1.29, 1.82) is 0 Å². The fraction of sp³-hybridized carbons (Fsp3) is 0.278. The molecular formula is C18H18N4O3. The zero-order valence-electron chi connectivity index (χ0n) is 13.8. The highest BCUT2D eigenvalue weighted by Crippen LogP contribution is 2.18. The van der Waals surface area contributed by atoms with Gasteiger partial charge >= 0.3 is 6.03 Å². The van der Waals surface area contributed by atoms with Crippen molar-refractivity contribution < 1.29 is 14.4 Å². The van der Waals surface area contributed by atoms with Gasteiger partial charge in [0.15, 0.2) is 0 Å². The van der Waals surface area contributed by atoms with Crippen LogP contribution in [0.4, 0.5) is 4.79 Å². The Hall–Kier alpha value is -3.09. The molecule has 25 heavy (non-hydrogen) atoms. The average Bonchev–Trinajstić information content (AvgIpc) is 2.60. The van der Waals surface area contributed by atoms with Gasteiger partial charge in [0, 0.05) is 19.3 Å². The second kappa shape index (κ2) is 7.21. The number of fused-ring (bicyclic) bond motifs is 1. The Kier molecular flexibility index (Phi) is 4.83. The highest BCUT2D eigenvalue weighted by Gasteiger charge is 2.36. The number of allylic oxidation sites excluding steroid dienone is 1. The van der Waals surface area contributed by atoms with Gasteiger partial charge in [0.05, 0.1) is 6.42 Å². The number of nitrogens with one attached hydrogen (secondary N) is 1. The summed E-state index contributed by atoms with van der Waals surface area (Å²) in [5, 5.41) is 2.74. The quantitative estimate of drug-likeness (QED) is 0.876. The van der Waals surface area contributed by atoms with Gasteiger partial charge in [-0.2, -0.15) is 4.99 Å². The van der Waals surface area contributed by atoms with Gasteiger partial charge in [0.1, 0.15) is 11.8 Å². The van der Waals surface area contributed by atoms with Crippen LogP contribution in [-0.4, -0.2) is 47.9 Å². The zero-order valence-corrected chi connectivity index (χ0v) is 13.8. The van der Waals surface area contributed by atoms with Gasteiger partial charge in [0.25, 0.3) is 0 Å². The Morgan fingerprint density at radius 1 is 1.28 bits per heavy atom. The molecule has 0 fully saturated rings. The van der Waals surface area contributed by atoms with Crippen LogP contribution in [-0.2, 0) is 16.0 Å². The molecule has 0 saturated heterocycles. The molecule has 128 valence electrons. The summed E-state index contributed by atoms with van der Waals surface area (Å²) >= 11 is 0. The van der Waals surface area contributed by atoms with Crippen molar-refractivity contribution in [3.8, 4) is 0 Å². The van der Waals surface area contributed by atoms with Crippen LogP contribution < -0.4 is 5.32 Å². The molecule has 2 heterocycles. The van der Waals surface area contributed by atoms with Gasteiger partial charge in [-0.1, -0.05) is 30.3 Å². The monoisotopic (exact) mass is 338 g/mol. The van der Waals surface area contributed by atoms with Crippen LogP contribution in [0.5, 0.6) is 0 Å². The van der Waals surface area contributed by atoms with E-state index in [9.17, 15) is 14.4 Å². The maximum absolute atomic E-state index is 12.4. The summed E-state index contributed by atoms with van der Waals surface area (Å²) in [7, 11) is 0. The van der Waals surface area contributed by atoms with E-state index in [0.29, 0.717) is 0 Å². The molecule has 0 aliphatic carbocycles. The molecule has 0 spiro atoms. The highest BCUT2D eigenvalue weighted by atomic mass is 16.2. The van der Waals surface area contributed by atoms with Crippen LogP contribution in [0.15, 0.2) is 46.4 Å². The average molecular weight is 338 g/mol. The van der Waals surface area contributed by atoms with E-state index in [4.69, 9.17) is 0 Å². The molecule has 1 N–H and O–H groups in total. The summed E-state index contributed by atoms with van der Waals surface area (Å²) in [5.74, 6) is -0.920. The lowest BCUT2D eigenvalue weighted by molar-refractivity contribution is -0.130. The minimum atomic E-state index is -0.642. The van der Waals surface area contributed by atoms with E-state index in [-0.39, 0.29) is 37.2 Å². The summed E-state index contributed by atoms with van der Waals surface area (Å²) in [4.78, 5) is 45.2. The maximum atomic E-state index is 12.4. The summed E-state index contributed by atoms with van der Waals surface area (Å²) in [6, 6.07) is 7.01. The number of aliphatic imine (C=N–C) groups is 2. The van der Waals surface area contributed by atoms with Crippen molar-refractivity contribution in [2.45, 2.75) is 13.3 Å². The van der Waals surface area contributed by atoms with Gasteiger partial charge in [-0.15, -0.1) is 0 Å². The topological polar surface area (TPSA) is 91.2 Å². The van der Waals surface area contributed by atoms with Gasteiger partial charge in [-0.05, 0) is 24.1 Å². The Bertz CT molecular complexity index is 810. The molecule has 2 aliphatic rings. The number of urea groups is 1. The number of benzene rings is 1. The number of imide groups is 1. The number of hydrogen-bond acceptors (Lipinski definition) is 4. The lowest BCUT2D eigenvalue weighted by Crippen LogP contribution is -2.48. The fourth-order valence-corrected chi connectivity index (χ4v) is 2.72. The zero-order chi connectivity index (χ0) is 17.8. The third kappa shape index (κ3) is 3.71. The standard InChI is InChI=1S/C18H18N4O3/c1-12-5-2-3-6-13(12)11-15(23)19-9-10-22-17(24)14-7-4-8-20-16(14)21-18(22)25/h2-8,14H,9-11H2,1H3,(H,19,23). The Balaban J connectivity index is 1.54. The maximum Gasteiger partial charge on any atom is 0.352 e. The van der Waals surface area contributed by atoms with Crippen LogP contribution in [0.3, 0.4) is 0 Å². The third-order valence-electron chi connectivity index (χ3n) is 4.12.